The fourth-order valence-corrected chi connectivity index (χ4v) is 0.197. The lowest BCUT2D eigenvalue weighted by molar-refractivity contribution is -0.137. The van der Waals surface area contributed by atoms with Crippen LogP contribution in [0.4, 0.5) is 0 Å². The minimum atomic E-state index is -1.04. The molecule has 2 unspecified atom stereocenters. The summed E-state index contributed by atoms with van der Waals surface area (Å²) in [5.41, 5.74) is 0. The van der Waals surface area contributed by atoms with Gasteiger partial charge in [0.15, 0.2) is 6.29 Å². The van der Waals surface area contributed by atoms with Crippen molar-refractivity contribution in [1.29, 1.82) is 0 Å². The number of rotatable bonds is 2. The fraction of sp³-hybridized carbons (Fsp3) is 1.00. The van der Waals surface area contributed by atoms with Gasteiger partial charge in [0.2, 0.25) is 0 Å². The standard InChI is InChI=1S/C4H10O3.3CH4/c1-3(5)4(6)7-2;;;/h3-6H,1-2H3;3*1H4. The molecule has 0 heterocycles. The average Bonchev–Trinajstić information content (AvgIpc) is 1.65. The van der Waals surface area contributed by atoms with Crippen molar-refractivity contribution in [1.82, 2.24) is 0 Å². The summed E-state index contributed by atoms with van der Waals surface area (Å²) in [5, 5.41) is 16.9. The summed E-state index contributed by atoms with van der Waals surface area (Å²) >= 11 is 0. The molecule has 2 atom stereocenters. The first kappa shape index (κ1) is 22.5. The van der Waals surface area contributed by atoms with Crippen molar-refractivity contribution in [2.75, 3.05) is 7.11 Å². The van der Waals surface area contributed by atoms with Crippen LogP contribution in [0.25, 0.3) is 0 Å². The van der Waals surface area contributed by atoms with E-state index in [1.165, 1.54) is 14.0 Å². The molecule has 0 rings (SSSR count). The summed E-state index contributed by atoms with van der Waals surface area (Å²) in [6.07, 6.45) is -1.84. The molecule has 10 heavy (non-hydrogen) atoms. The van der Waals surface area contributed by atoms with E-state index in [4.69, 9.17) is 10.2 Å². The highest BCUT2D eigenvalue weighted by atomic mass is 16.6. The third-order valence-electron chi connectivity index (χ3n) is 0.654. The molecule has 0 aliphatic rings. The summed E-state index contributed by atoms with van der Waals surface area (Å²) < 4.78 is 4.32. The number of aliphatic hydroxyl groups is 2. The summed E-state index contributed by atoms with van der Waals surface area (Å²) in [4.78, 5) is 0. The number of methoxy groups -OCH3 is 1. The van der Waals surface area contributed by atoms with Crippen LogP contribution >= 0.6 is 0 Å². The highest BCUT2D eigenvalue weighted by molar-refractivity contribution is 4.45. The molecule has 3 nitrogen and oxygen atoms in total. The Balaban J connectivity index is -0.0000000600. The summed E-state index contributed by atoms with van der Waals surface area (Å²) in [6.45, 7) is 1.45. The minimum Gasteiger partial charge on any atom is -0.388 e. The number of ether oxygens (including phenoxy) is 1. The second-order valence-corrected chi connectivity index (χ2v) is 1.37. The number of hydrogen-bond donors (Lipinski definition) is 2. The van der Waals surface area contributed by atoms with Gasteiger partial charge in [0.05, 0.1) is 0 Å². The summed E-state index contributed by atoms with van der Waals surface area (Å²) in [7, 11) is 1.33. The lowest BCUT2D eigenvalue weighted by Gasteiger charge is -2.09. The van der Waals surface area contributed by atoms with Gasteiger partial charge in [-0.15, -0.1) is 0 Å². The Labute approximate surface area is 64.6 Å². The lowest BCUT2D eigenvalue weighted by atomic mass is 10.4. The maximum Gasteiger partial charge on any atom is 0.180 e. The lowest BCUT2D eigenvalue weighted by Crippen LogP contribution is -2.23. The zero-order valence-corrected chi connectivity index (χ0v) is 4.46. The second kappa shape index (κ2) is 11.6. The Bertz CT molecular complexity index is 46.1. The zero-order valence-electron chi connectivity index (χ0n) is 4.46. The molecule has 0 spiro atoms. The van der Waals surface area contributed by atoms with Crippen LogP contribution in [0.1, 0.15) is 29.2 Å². The van der Waals surface area contributed by atoms with Crippen LogP contribution in [0.5, 0.6) is 0 Å². The van der Waals surface area contributed by atoms with Crippen molar-refractivity contribution >= 4 is 0 Å². The maximum atomic E-state index is 8.46. The van der Waals surface area contributed by atoms with E-state index in [9.17, 15) is 0 Å². The summed E-state index contributed by atoms with van der Waals surface area (Å²) in [6, 6.07) is 0. The monoisotopic (exact) mass is 154 g/mol. The molecule has 0 saturated heterocycles. The van der Waals surface area contributed by atoms with Gasteiger partial charge in [0, 0.05) is 7.11 Å². The van der Waals surface area contributed by atoms with Crippen molar-refractivity contribution < 1.29 is 14.9 Å². The molecule has 3 heteroatoms. The molecular weight excluding hydrogens is 132 g/mol. The van der Waals surface area contributed by atoms with Crippen molar-refractivity contribution in [2.45, 2.75) is 41.6 Å². The Kier molecular flexibility index (Phi) is 26.2. The predicted molar refractivity (Wildman–Crippen MR) is 44.9 cm³/mol. The number of hydrogen-bond acceptors (Lipinski definition) is 3. The molecule has 2 N–H and O–H groups in total. The van der Waals surface area contributed by atoms with Crippen LogP contribution in [-0.4, -0.2) is 29.7 Å². The molecule has 0 saturated carbocycles. The second-order valence-electron chi connectivity index (χ2n) is 1.37. The molecule has 0 bridgehead atoms. The van der Waals surface area contributed by atoms with E-state index in [0.717, 1.165) is 0 Å². The fourth-order valence-electron chi connectivity index (χ4n) is 0.197. The smallest absolute Gasteiger partial charge is 0.180 e. The first-order valence-electron chi connectivity index (χ1n) is 2.07. The normalized spacial score (nSPS) is 13.2. The molecule has 68 valence electrons. The third-order valence-corrected chi connectivity index (χ3v) is 0.654. The van der Waals surface area contributed by atoms with E-state index in [2.05, 4.69) is 4.74 Å². The summed E-state index contributed by atoms with van der Waals surface area (Å²) in [5.74, 6) is 0. The van der Waals surface area contributed by atoms with Crippen LogP contribution < -0.4 is 0 Å². The molecule has 0 aromatic carbocycles. The van der Waals surface area contributed by atoms with Gasteiger partial charge in [-0.1, -0.05) is 22.3 Å². The largest absolute Gasteiger partial charge is 0.388 e. The Morgan fingerprint density at radius 3 is 1.40 bits per heavy atom. The number of aliphatic hydroxyl groups excluding tert-OH is 2. The minimum absolute atomic E-state index is 0. The molecule has 0 radical (unpaired) electrons. The SMILES string of the molecule is C.C.C.COC(O)C(C)O. The molecule has 0 fully saturated rings. The van der Waals surface area contributed by atoms with E-state index in [-0.39, 0.29) is 22.3 Å². The van der Waals surface area contributed by atoms with Crippen molar-refractivity contribution in [3.05, 3.63) is 0 Å². The van der Waals surface area contributed by atoms with E-state index in [1.807, 2.05) is 0 Å². The quantitative estimate of drug-likeness (QED) is 0.588. The molecule has 0 amide bonds. The highest BCUT2D eigenvalue weighted by Crippen LogP contribution is 1.89. The first-order valence-corrected chi connectivity index (χ1v) is 2.07. The van der Waals surface area contributed by atoms with Crippen LogP contribution in [0.2, 0.25) is 0 Å². The molecule has 0 aromatic rings. The Morgan fingerprint density at radius 2 is 1.40 bits per heavy atom. The van der Waals surface area contributed by atoms with Gasteiger partial charge in [-0.2, -0.15) is 0 Å². The average molecular weight is 154 g/mol. The zero-order chi connectivity index (χ0) is 5.86. The van der Waals surface area contributed by atoms with E-state index < -0.39 is 12.4 Å². The Morgan fingerprint density at radius 1 is 1.10 bits per heavy atom. The van der Waals surface area contributed by atoms with Gasteiger partial charge in [-0.05, 0) is 6.92 Å². The predicted octanol–water partition coefficient (Wildman–Crippen LogP) is 1.24. The van der Waals surface area contributed by atoms with Gasteiger partial charge < -0.3 is 14.9 Å². The first-order chi connectivity index (χ1) is 3.18. The van der Waals surface area contributed by atoms with E-state index in [0.29, 0.717) is 0 Å². The molecule has 0 aliphatic heterocycles. The van der Waals surface area contributed by atoms with Crippen LogP contribution in [0, 0.1) is 0 Å². The van der Waals surface area contributed by atoms with Crippen molar-refractivity contribution in [2.24, 2.45) is 0 Å². The highest BCUT2D eigenvalue weighted by Gasteiger charge is 2.06. The van der Waals surface area contributed by atoms with Crippen molar-refractivity contribution in [3.8, 4) is 0 Å². The Hall–Kier alpha value is -0.120. The van der Waals surface area contributed by atoms with Gasteiger partial charge in [0.1, 0.15) is 6.10 Å². The van der Waals surface area contributed by atoms with Gasteiger partial charge in [-0.3, -0.25) is 0 Å². The molecule has 0 aliphatic carbocycles. The van der Waals surface area contributed by atoms with Crippen LogP contribution in [0.15, 0.2) is 0 Å². The van der Waals surface area contributed by atoms with Crippen LogP contribution in [0.3, 0.4) is 0 Å². The van der Waals surface area contributed by atoms with Crippen LogP contribution in [-0.2, 0) is 4.74 Å². The van der Waals surface area contributed by atoms with Crippen molar-refractivity contribution in [3.63, 3.8) is 0 Å². The third kappa shape index (κ3) is 10.8. The van der Waals surface area contributed by atoms with Gasteiger partial charge >= 0.3 is 0 Å². The van der Waals surface area contributed by atoms with E-state index >= 15 is 0 Å². The van der Waals surface area contributed by atoms with Gasteiger partial charge in [-0.25, -0.2) is 0 Å². The molecule has 0 aromatic heterocycles. The molecular formula is C7H22O3. The topological polar surface area (TPSA) is 49.7 Å². The maximum absolute atomic E-state index is 8.46. The van der Waals surface area contributed by atoms with E-state index in [1.54, 1.807) is 0 Å². The van der Waals surface area contributed by atoms with Gasteiger partial charge in [0.25, 0.3) is 0 Å².